The Kier molecular flexibility index (Phi) is 87.3. The first-order chi connectivity index (χ1) is 58.2. The SMILES string of the molecule is CC/C=C\C/C=C\C/C=C\C/C=C\C/C=C\C/C=C\CCCCCCCCCCCCCCC(=O)OCC(COP(=O)(O)OCC(O)COP(=O)(O)OCC(O)COC(=O)CCCCCCCCCCCCCCCCCCCCC/C=C\C/C=C\C/C=C\C/C=C\C/C=C\CC)OC(=O)CCC/C=C\C/C=C\C/C=C\C/C=C\C/C=C\CC. The van der Waals surface area contributed by atoms with Gasteiger partial charge in [0.05, 0.1) is 26.4 Å². The molecule has 0 rings (SSSR count). The van der Waals surface area contributed by atoms with Crippen LogP contribution >= 0.6 is 15.6 Å². The van der Waals surface area contributed by atoms with Crippen molar-refractivity contribution in [3.8, 4) is 0 Å². The van der Waals surface area contributed by atoms with Gasteiger partial charge in [-0.15, -0.1) is 0 Å². The maximum Gasteiger partial charge on any atom is 0.472 e. The molecule has 0 aromatic carbocycles. The molecule has 0 fully saturated rings. The summed E-state index contributed by atoms with van der Waals surface area (Å²) in [5, 5.41) is 20.7. The molecule has 0 saturated carbocycles. The summed E-state index contributed by atoms with van der Waals surface area (Å²) in [6, 6.07) is 0. The summed E-state index contributed by atoms with van der Waals surface area (Å²) >= 11 is 0. The number of hydrogen-bond acceptors (Lipinski definition) is 14. The van der Waals surface area contributed by atoms with Gasteiger partial charge >= 0.3 is 33.6 Å². The molecule has 0 radical (unpaired) electrons. The highest BCUT2D eigenvalue weighted by Gasteiger charge is 2.29. The first-order valence-electron chi connectivity index (χ1n) is 46.7. The first kappa shape index (κ1) is 113. The van der Waals surface area contributed by atoms with Crippen LogP contribution in [0.15, 0.2) is 194 Å². The maximum absolute atomic E-state index is 13.0. The third-order valence-electron chi connectivity index (χ3n) is 19.3. The summed E-state index contributed by atoms with van der Waals surface area (Å²) in [4.78, 5) is 58.9. The normalized spacial score (nSPS) is 14.6. The molecule has 0 aromatic rings. The van der Waals surface area contributed by atoms with E-state index in [1.807, 2.05) is 12.2 Å². The van der Waals surface area contributed by atoms with E-state index in [-0.39, 0.29) is 19.3 Å². The summed E-state index contributed by atoms with van der Waals surface area (Å²) < 4.78 is 61.4. The molecule has 0 aliphatic heterocycles. The van der Waals surface area contributed by atoms with E-state index in [0.717, 1.165) is 154 Å². The fourth-order valence-electron chi connectivity index (χ4n) is 12.3. The lowest BCUT2D eigenvalue weighted by molar-refractivity contribution is -0.161. The molecule has 18 heteroatoms. The number of rotatable bonds is 87. The second kappa shape index (κ2) is 91.6. The van der Waals surface area contributed by atoms with Crippen molar-refractivity contribution in [2.24, 2.45) is 0 Å². The van der Waals surface area contributed by atoms with Crippen molar-refractivity contribution in [1.82, 2.24) is 0 Å². The van der Waals surface area contributed by atoms with E-state index in [1.54, 1.807) is 0 Å². The van der Waals surface area contributed by atoms with Crippen LogP contribution in [-0.4, -0.2) is 95.9 Å². The number of phosphoric acid groups is 2. The van der Waals surface area contributed by atoms with E-state index in [0.29, 0.717) is 25.7 Å². The van der Waals surface area contributed by atoms with Crippen LogP contribution in [0.5, 0.6) is 0 Å². The summed E-state index contributed by atoms with van der Waals surface area (Å²) in [6.07, 6.45) is 122. The van der Waals surface area contributed by atoms with Gasteiger partial charge in [0, 0.05) is 19.3 Å². The molecule has 5 atom stereocenters. The molecular formula is C101H168O16P2. The summed E-state index contributed by atoms with van der Waals surface area (Å²) in [5.41, 5.74) is 0. The first-order valence-corrected chi connectivity index (χ1v) is 49.7. The lowest BCUT2D eigenvalue weighted by atomic mass is 10.0. The number of esters is 3. The highest BCUT2D eigenvalue weighted by molar-refractivity contribution is 7.47. The number of unbranched alkanes of at least 4 members (excludes halogenated alkanes) is 32. The zero-order chi connectivity index (χ0) is 86.5. The molecule has 119 heavy (non-hydrogen) atoms. The number of phosphoric ester groups is 2. The fraction of sp³-hybridized carbons (Fsp3) is 0.653. The van der Waals surface area contributed by atoms with Crippen molar-refractivity contribution in [3.63, 3.8) is 0 Å². The van der Waals surface area contributed by atoms with Crippen LogP contribution in [-0.2, 0) is 55.8 Å². The minimum absolute atomic E-state index is 0.0208. The van der Waals surface area contributed by atoms with E-state index >= 15 is 0 Å². The Hall–Kier alpha value is -5.61. The average Bonchev–Trinajstić information content (AvgIpc) is 0.902. The Labute approximate surface area is 725 Å². The average molecular weight is 1700 g/mol. The van der Waals surface area contributed by atoms with Gasteiger partial charge in [-0.3, -0.25) is 32.5 Å². The van der Waals surface area contributed by atoms with Crippen LogP contribution in [0, 0.1) is 0 Å². The molecular weight excluding hydrogens is 1530 g/mol. The highest BCUT2D eigenvalue weighted by atomic mass is 31.2. The summed E-state index contributed by atoms with van der Waals surface area (Å²) in [5.74, 6) is -1.64. The number of ether oxygens (including phenoxy) is 3. The molecule has 0 amide bonds. The molecule has 16 nitrogen and oxygen atoms in total. The molecule has 0 saturated heterocycles. The third-order valence-corrected chi connectivity index (χ3v) is 21.2. The van der Waals surface area contributed by atoms with E-state index in [1.165, 1.54) is 148 Å². The van der Waals surface area contributed by atoms with E-state index < -0.39 is 91.5 Å². The van der Waals surface area contributed by atoms with Crippen LogP contribution in [0.4, 0.5) is 0 Å². The minimum Gasteiger partial charge on any atom is -0.463 e. The van der Waals surface area contributed by atoms with Crippen molar-refractivity contribution in [1.29, 1.82) is 0 Å². The molecule has 0 aromatic heterocycles. The van der Waals surface area contributed by atoms with Crippen molar-refractivity contribution >= 4 is 33.6 Å². The Bertz CT molecular complexity index is 2940. The largest absolute Gasteiger partial charge is 0.472 e. The van der Waals surface area contributed by atoms with Gasteiger partial charge < -0.3 is 34.2 Å². The van der Waals surface area contributed by atoms with Gasteiger partial charge in [-0.2, -0.15) is 0 Å². The van der Waals surface area contributed by atoms with Crippen molar-refractivity contribution < 1.29 is 75.8 Å². The summed E-state index contributed by atoms with van der Waals surface area (Å²) in [6.45, 7) is 2.30. The molecule has 0 aliphatic rings. The zero-order valence-electron chi connectivity index (χ0n) is 74.7. The van der Waals surface area contributed by atoms with Crippen LogP contribution in [0.25, 0.3) is 0 Å². The van der Waals surface area contributed by atoms with Crippen LogP contribution in [0.1, 0.15) is 367 Å². The van der Waals surface area contributed by atoms with Crippen LogP contribution in [0.3, 0.4) is 0 Å². The van der Waals surface area contributed by atoms with Gasteiger partial charge in [-0.05, 0) is 154 Å². The summed E-state index contributed by atoms with van der Waals surface area (Å²) in [7, 11) is -9.83. The Morgan fingerprint density at radius 3 is 0.689 bits per heavy atom. The van der Waals surface area contributed by atoms with Crippen molar-refractivity contribution in [3.05, 3.63) is 194 Å². The standard InChI is InChI=1S/C101H168O16P2/c1-4-7-10-13-16-19-22-25-28-31-33-35-37-39-41-43-45-46-47-48-50-52-53-55-57-59-61-64-66-69-72-75-78-81-84-87-99(104)111-90-96(102)91-113-118(107,108)114-92-97(103)93-115-119(109,110)116-95-98(117-101(106)89-86-83-80-77-74-71-68-63-30-27-24-21-18-15-12-9-6-3)94-112-100(105)88-85-82-79-76-73-70-67-65-62-60-58-56-54-51-49-44-42-40-38-36-34-32-29-26-23-20-17-14-11-8-5-2/h7-12,16-21,25-30,33-36,39-42,49,51,68,71,77,80,96-98,102-103H,4-6,13-15,22-24,31-32,37-38,43-48,50,52-67,69-70,72-76,78-79,81-95H2,1-3H3,(H,107,108)(H,109,110)/b10-7-,11-8-,12-9-,19-16-,20-17-,21-18-,28-25-,29-26-,30-27-,35-33-,36-34-,41-39-,42-40-,51-49-,71-68-,80-77-. The minimum atomic E-state index is -4.96. The highest BCUT2D eigenvalue weighted by Crippen LogP contribution is 2.45. The van der Waals surface area contributed by atoms with Gasteiger partial charge in [0.2, 0.25) is 0 Å². The number of aliphatic hydroxyl groups excluding tert-OH is 2. The van der Waals surface area contributed by atoms with E-state index in [2.05, 4.69) is 203 Å². The molecule has 0 heterocycles. The van der Waals surface area contributed by atoms with Gasteiger partial charge in [-0.1, -0.05) is 389 Å². The van der Waals surface area contributed by atoms with Gasteiger partial charge in [0.25, 0.3) is 0 Å². The number of carbonyl (C=O) groups is 3. The van der Waals surface area contributed by atoms with Gasteiger partial charge in [0.1, 0.15) is 25.4 Å². The number of carbonyl (C=O) groups excluding carboxylic acids is 3. The second-order valence-corrected chi connectivity index (χ2v) is 33.6. The van der Waals surface area contributed by atoms with Crippen molar-refractivity contribution in [2.45, 2.75) is 386 Å². The molecule has 0 aliphatic carbocycles. The maximum atomic E-state index is 13.0. The number of allylic oxidation sites excluding steroid dienone is 32. The predicted octanol–water partition coefficient (Wildman–Crippen LogP) is 29.0. The third kappa shape index (κ3) is 92.9. The molecule has 678 valence electrons. The van der Waals surface area contributed by atoms with Gasteiger partial charge in [0.15, 0.2) is 6.10 Å². The molecule has 0 bridgehead atoms. The van der Waals surface area contributed by atoms with Crippen LogP contribution < -0.4 is 0 Å². The van der Waals surface area contributed by atoms with E-state index in [4.69, 9.17) is 32.3 Å². The van der Waals surface area contributed by atoms with E-state index in [9.17, 15) is 43.5 Å². The molecule has 5 unspecified atom stereocenters. The lowest BCUT2D eigenvalue weighted by Crippen LogP contribution is -2.30. The molecule has 4 N–H and O–H groups in total. The Morgan fingerprint density at radius 2 is 0.429 bits per heavy atom. The van der Waals surface area contributed by atoms with Crippen molar-refractivity contribution in [2.75, 3.05) is 39.6 Å². The fourth-order valence-corrected chi connectivity index (χ4v) is 13.9. The lowest BCUT2D eigenvalue weighted by Gasteiger charge is -2.21. The topological polar surface area (TPSA) is 231 Å². The zero-order valence-corrected chi connectivity index (χ0v) is 76.5. The smallest absolute Gasteiger partial charge is 0.463 e. The van der Waals surface area contributed by atoms with Crippen LogP contribution in [0.2, 0.25) is 0 Å². The number of hydrogen-bond donors (Lipinski definition) is 4. The Balaban J connectivity index is 4.50. The number of aliphatic hydroxyl groups is 2. The molecule has 0 spiro atoms. The van der Waals surface area contributed by atoms with Gasteiger partial charge in [-0.25, -0.2) is 9.13 Å². The quantitative estimate of drug-likeness (QED) is 0.0146. The Morgan fingerprint density at radius 1 is 0.235 bits per heavy atom. The second-order valence-electron chi connectivity index (χ2n) is 30.7. The monoisotopic (exact) mass is 1700 g/mol. The predicted molar refractivity (Wildman–Crippen MR) is 500 cm³/mol.